The number of carbonyl (C=O) groups excluding carboxylic acids is 1. The number of benzene rings is 2. The quantitative estimate of drug-likeness (QED) is 0.336. The number of nitrogens with zero attached hydrogens (tertiary/aromatic N) is 2. The molecule has 10 heteroatoms. The van der Waals surface area contributed by atoms with Crippen molar-refractivity contribution in [2.24, 2.45) is 5.73 Å². The van der Waals surface area contributed by atoms with Crippen LogP contribution < -0.4 is 10.5 Å². The molecule has 0 saturated carbocycles. The molecule has 0 saturated heterocycles. The predicted molar refractivity (Wildman–Crippen MR) is 118 cm³/mol. The third-order valence-corrected chi connectivity index (χ3v) is 6.61. The molecule has 0 aliphatic carbocycles. The van der Waals surface area contributed by atoms with Crippen LogP contribution in [0, 0.1) is 0 Å². The number of nitrogens with two attached hydrogens (primary N) is 1. The molecular weight excluding hydrogens is 416 g/mol. The SMILES string of the molecule is CCNS(=O)(=O)c1ccc2[nH]c3c(C(N)=O)nc(-c4nc5ccccc5[nH]4)cc3c2c1. The normalized spacial score (nSPS) is 12.2. The fraction of sp³-hybridized carbons (Fsp3) is 0.0952. The summed E-state index contributed by atoms with van der Waals surface area (Å²) in [5.74, 6) is -0.216. The number of H-pyrrole nitrogens is 2. The van der Waals surface area contributed by atoms with Crippen LogP contribution in [-0.2, 0) is 10.0 Å². The Morgan fingerprint density at radius 1 is 1.03 bits per heavy atom. The van der Waals surface area contributed by atoms with Gasteiger partial charge in [-0.3, -0.25) is 4.79 Å². The van der Waals surface area contributed by atoms with E-state index in [2.05, 4.69) is 24.7 Å². The van der Waals surface area contributed by atoms with Gasteiger partial charge in [0.1, 0.15) is 5.69 Å². The second-order valence-electron chi connectivity index (χ2n) is 7.08. The van der Waals surface area contributed by atoms with E-state index in [4.69, 9.17) is 5.73 Å². The number of amides is 1. The number of para-hydroxylation sites is 2. The maximum atomic E-state index is 12.5. The summed E-state index contributed by atoms with van der Waals surface area (Å²) in [7, 11) is -3.64. The minimum Gasteiger partial charge on any atom is -0.364 e. The predicted octanol–water partition coefficient (Wildman–Crippen LogP) is 2.66. The standard InChI is InChI=1S/C21H18N6O3S/c1-2-23-31(29,30)11-7-8-14-12(9-11)13-10-17(25-19(20(22)28)18(13)24-14)21-26-15-5-3-4-6-16(15)27-21/h3-10,23-24H,2H2,1H3,(H2,22,28)(H,26,27). The molecule has 0 unspecified atom stereocenters. The lowest BCUT2D eigenvalue weighted by molar-refractivity contribution is 0.0997. The van der Waals surface area contributed by atoms with Gasteiger partial charge in [0.2, 0.25) is 10.0 Å². The van der Waals surface area contributed by atoms with Crippen molar-refractivity contribution < 1.29 is 13.2 Å². The molecular formula is C21H18N6O3S. The molecule has 0 aliphatic rings. The molecule has 0 atom stereocenters. The number of pyridine rings is 1. The molecule has 31 heavy (non-hydrogen) atoms. The Labute approximate surface area is 176 Å². The Kier molecular flexibility index (Phi) is 4.27. The number of sulfonamides is 1. The van der Waals surface area contributed by atoms with E-state index in [1.807, 2.05) is 24.3 Å². The molecule has 156 valence electrons. The highest BCUT2D eigenvalue weighted by atomic mass is 32.2. The summed E-state index contributed by atoms with van der Waals surface area (Å²) in [4.78, 5) is 27.6. The molecule has 1 amide bonds. The Bertz CT molecular complexity index is 1570. The van der Waals surface area contributed by atoms with Crippen LogP contribution in [-0.4, -0.2) is 40.8 Å². The number of aromatic nitrogens is 4. The van der Waals surface area contributed by atoms with E-state index in [0.29, 0.717) is 33.3 Å². The largest absolute Gasteiger partial charge is 0.364 e. The summed E-state index contributed by atoms with van der Waals surface area (Å²) in [6.45, 7) is 1.99. The molecule has 3 aromatic heterocycles. The summed E-state index contributed by atoms with van der Waals surface area (Å²) in [5, 5.41) is 1.26. The lowest BCUT2D eigenvalue weighted by Gasteiger charge is -2.05. The zero-order valence-corrected chi connectivity index (χ0v) is 17.2. The maximum Gasteiger partial charge on any atom is 0.269 e. The van der Waals surface area contributed by atoms with Gasteiger partial charge in [0.15, 0.2) is 11.5 Å². The van der Waals surface area contributed by atoms with E-state index < -0.39 is 15.9 Å². The van der Waals surface area contributed by atoms with Crippen LogP contribution in [0.25, 0.3) is 44.4 Å². The second kappa shape index (κ2) is 6.89. The van der Waals surface area contributed by atoms with Gasteiger partial charge in [-0.05, 0) is 36.4 Å². The Morgan fingerprint density at radius 3 is 2.58 bits per heavy atom. The van der Waals surface area contributed by atoms with Crippen molar-refractivity contribution in [3.63, 3.8) is 0 Å². The summed E-state index contributed by atoms with van der Waals surface area (Å²) in [6, 6.07) is 14.0. The molecule has 3 heterocycles. The number of primary amides is 1. The first-order valence-electron chi connectivity index (χ1n) is 9.58. The van der Waals surface area contributed by atoms with Crippen LogP contribution in [0.15, 0.2) is 53.4 Å². The van der Waals surface area contributed by atoms with Gasteiger partial charge in [-0.2, -0.15) is 0 Å². The van der Waals surface area contributed by atoms with Crippen LogP contribution in [0.5, 0.6) is 0 Å². The van der Waals surface area contributed by atoms with E-state index in [0.717, 1.165) is 11.0 Å². The number of rotatable bonds is 5. The van der Waals surface area contributed by atoms with Crippen molar-refractivity contribution >= 4 is 48.8 Å². The Hall–Kier alpha value is -3.76. The molecule has 5 N–H and O–H groups in total. The van der Waals surface area contributed by atoms with Crippen LogP contribution in [0.2, 0.25) is 0 Å². The zero-order valence-electron chi connectivity index (χ0n) is 16.4. The van der Waals surface area contributed by atoms with Crippen molar-refractivity contribution in [3.05, 3.63) is 54.2 Å². The highest BCUT2D eigenvalue weighted by Gasteiger charge is 2.20. The van der Waals surface area contributed by atoms with Gasteiger partial charge in [-0.15, -0.1) is 0 Å². The van der Waals surface area contributed by atoms with Crippen molar-refractivity contribution in [1.29, 1.82) is 0 Å². The Morgan fingerprint density at radius 2 is 1.84 bits per heavy atom. The lowest BCUT2D eigenvalue weighted by Crippen LogP contribution is -2.22. The summed E-state index contributed by atoms with van der Waals surface area (Å²) >= 11 is 0. The number of carbonyl (C=O) groups is 1. The third-order valence-electron chi connectivity index (χ3n) is 5.07. The molecule has 0 fully saturated rings. The fourth-order valence-electron chi connectivity index (χ4n) is 3.69. The fourth-order valence-corrected chi connectivity index (χ4v) is 4.76. The smallest absolute Gasteiger partial charge is 0.269 e. The van der Waals surface area contributed by atoms with Crippen molar-refractivity contribution in [2.45, 2.75) is 11.8 Å². The highest BCUT2D eigenvalue weighted by molar-refractivity contribution is 7.89. The first-order chi connectivity index (χ1) is 14.9. The number of hydrogen-bond donors (Lipinski definition) is 4. The van der Waals surface area contributed by atoms with Crippen LogP contribution in [0.1, 0.15) is 17.4 Å². The van der Waals surface area contributed by atoms with Gasteiger partial charge in [0.25, 0.3) is 5.91 Å². The molecule has 2 aromatic carbocycles. The van der Waals surface area contributed by atoms with Crippen LogP contribution >= 0.6 is 0 Å². The number of aromatic amines is 2. The van der Waals surface area contributed by atoms with Crippen LogP contribution in [0.3, 0.4) is 0 Å². The summed E-state index contributed by atoms with van der Waals surface area (Å²) in [6.07, 6.45) is 0. The maximum absolute atomic E-state index is 12.5. The van der Waals surface area contributed by atoms with E-state index >= 15 is 0 Å². The van der Waals surface area contributed by atoms with Crippen molar-refractivity contribution in [2.75, 3.05) is 6.54 Å². The number of imidazole rings is 1. The molecule has 0 spiro atoms. The van der Waals surface area contributed by atoms with E-state index in [1.165, 1.54) is 6.07 Å². The number of nitrogens with one attached hydrogen (secondary N) is 3. The van der Waals surface area contributed by atoms with Crippen molar-refractivity contribution in [3.8, 4) is 11.5 Å². The minimum absolute atomic E-state index is 0.0558. The molecule has 0 bridgehead atoms. The number of hydrogen-bond acceptors (Lipinski definition) is 5. The zero-order chi connectivity index (χ0) is 21.8. The van der Waals surface area contributed by atoms with Gasteiger partial charge in [-0.25, -0.2) is 23.1 Å². The summed E-state index contributed by atoms with van der Waals surface area (Å²) in [5.41, 5.74) is 8.79. The van der Waals surface area contributed by atoms with Gasteiger partial charge < -0.3 is 15.7 Å². The average molecular weight is 434 g/mol. The topological polar surface area (TPSA) is 147 Å². The monoisotopic (exact) mass is 434 g/mol. The first-order valence-corrected chi connectivity index (χ1v) is 11.1. The minimum atomic E-state index is -3.64. The van der Waals surface area contributed by atoms with Crippen LogP contribution in [0.4, 0.5) is 0 Å². The molecule has 0 aliphatic heterocycles. The highest BCUT2D eigenvalue weighted by Crippen LogP contribution is 2.32. The van der Waals surface area contributed by atoms with E-state index in [1.54, 1.807) is 25.1 Å². The Balaban J connectivity index is 1.80. The molecule has 5 rings (SSSR count). The average Bonchev–Trinajstić information content (AvgIpc) is 3.33. The molecule has 0 radical (unpaired) electrons. The second-order valence-corrected chi connectivity index (χ2v) is 8.85. The van der Waals surface area contributed by atoms with E-state index in [9.17, 15) is 13.2 Å². The van der Waals surface area contributed by atoms with Gasteiger partial charge >= 0.3 is 0 Å². The number of fused-ring (bicyclic) bond motifs is 4. The van der Waals surface area contributed by atoms with E-state index in [-0.39, 0.29) is 17.1 Å². The van der Waals surface area contributed by atoms with Gasteiger partial charge in [0.05, 0.1) is 21.4 Å². The van der Waals surface area contributed by atoms with Gasteiger partial charge in [-0.1, -0.05) is 19.1 Å². The first kappa shape index (κ1) is 19.2. The lowest BCUT2D eigenvalue weighted by atomic mass is 10.1. The van der Waals surface area contributed by atoms with Crippen molar-refractivity contribution in [1.82, 2.24) is 24.7 Å². The molecule has 5 aromatic rings. The summed E-state index contributed by atoms with van der Waals surface area (Å²) < 4.78 is 27.4. The molecule has 9 nitrogen and oxygen atoms in total. The third kappa shape index (κ3) is 3.13. The van der Waals surface area contributed by atoms with Gasteiger partial charge in [0, 0.05) is 22.8 Å².